The van der Waals surface area contributed by atoms with E-state index in [9.17, 15) is 26.3 Å². The van der Waals surface area contributed by atoms with Crippen LogP contribution in [0.2, 0.25) is 0 Å². The topological polar surface area (TPSA) is 3.24 Å². The van der Waals surface area contributed by atoms with Crippen molar-refractivity contribution in [3.05, 3.63) is 71.1 Å². The third kappa shape index (κ3) is 3.60. The van der Waals surface area contributed by atoms with Crippen molar-refractivity contribution >= 4 is 0 Å². The highest BCUT2D eigenvalue weighted by Crippen LogP contribution is 2.58. The Balaban J connectivity index is 2.33. The second-order valence-corrected chi connectivity index (χ2v) is 7.66. The predicted molar refractivity (Wildman–Crippen MR) is 101 cm³/mol. The first-order valence-electron chi connectivity index (χ1n) is 9.57. The monoisotopic (exact) mass is 415 g/mol. The molecule has 29 heavy (non-hydrogen) atoms. The molecule has 0 aromatic rings. The van der Waals surface area contributed by atoms with Gasteiger partial charge in [0.25, 0.3) is 0 Å². The van der Waals surface area contributed by atoms with E-state index in [1.165, 1.54) is 0 Å². The van der Waals surface area contributed by atoms with Crippen molar-refractivity contribution in [2.75, 3.05) is 6.54 Å². The van der Waals surface area contributed by atoms with Gasteiger partial charge in [-0.2, -0.15) is 26.3 Å². The van der Waals surface area contributed by atoms with Crippen LogP contribution in [-0.2, 0) is 0 Å². The minimum atomic E-state index is -4.88. The summed E-state index contributed by atoms with van der Waals surface area (Å²) in [5.41, 5.74) is -2.36. The Hall–Kier alpha value is -2.18. The number of alkyl halides is 6. The van der Waals surface area contributed by atoms with Crippen molar-refractivity contribution in [2.45, 2.75) is 45.5 Å². The smallest absolute Gasteiger partial charge is 0.347 e. The molecule has 0 saturated carbocycles. The summed E-state index contributed by atoms with van der Waals surface area (Å²) in [6.07, 6.45) is -0.401. The van der Waals surface area contributed by atoms with Gasteiger partial charge in [-0.05, 0) is 42.7 Å². The molecule has 0 aromatic heterocycles. The number of hydrogen-bond acceptors (Lipinski definition) is 1. The Labute approximate surface area is 166 Å². The van der Waals surface area contributed by atoms with Crippen LogP contribution < -0.4 is 0 Å². The summed E-state index contributed by atoms with van der Waals surface area (Å²) in [6, 6.07) is 0. The largest absolute Gasteiger partial charge is 0.416 e. The molecule has 0 radical (unpaired) electrons. The van der Waals surface area contributed by atoms with E-state index in [0.717, 1.165) is 6.08 Å². The van der Waals surface area contributed by atoms with Crippen molar-refractivity contribution in [2.24, 2.45) is 11.3 Å². The van der Waals surface area contributed by atoms with E-state index in [4.69, 9.17) is 0 Å². The lowest BCUT2D eigenvalue weighted by atomic mass is 9.58. The average Bonchev–Trinajstić information content (AvgIpc) is 2.65. The van der Waals surface area contributed by atoms with Crippen LogP contribution >= 0.6 is 0 Å². The summed E-state index contributed by atoms with van der Waals surface area (Å²) in [4.78, 5) is 1.75. The predicted octanol–water partition coefficient (Wildman–Crippen LogP) is 7.00. The molecular weight excluding hydrogens is 392 g/mol. The minimum absolute atomic E-state index is 0.0538. The van der Waals surface area contributed by atoms with Crippen molar-refractivity contribution in [3.63, 3.8) is 0 Å². The van der Waals surface area contributed by atoms with Gasteiger partial charge in [-0.15, -0.1) is 0 Å². The molecule has 2 aliphatic heterocycles. The van der Waals surface area contributed by atoms with Gasteiger partial charge in [0.1, 0.15) is 0 Å². The lowest BCUT2D eigenvalue weighted by molar-refractivity contribution is -0.107. The lowest BCUT2D eigenvalue weighted by Crippen LogP contribution is -2.50. The molecule has 0 amide bonds. The van der Waals surface area contributed by atoms with Crippen LogP contribution in [0.15, 0.2) is 71.1 Å². The molecule has 7 heteroatoms. The van der Waals surface area contributed by atoms with E-state index in [2.05, 4.69) is 6.58 Å². The molecule has 2 atom stereocenters. The van der Waals surface area contributed by atoms with Crippen LogP contribution in [-0.4, -0.2) is 23.8 Å². The molecule has 0 spiro atoms. The Morgan fingerprint density at radius 1 is 1.10 bits per heavy atom. The summed E-state index contributed by atoms with van der Waals surface area (Å²) >= 11 is 0. The molecule has 2 unspecified atom stereocenters. The zero-order valence-corrected chi connectivity index (χ0v) is 16.3. The van der Waals surface area contributed by atoms with E-state index >= 15 is 0 Å². The zero-order valence-electron chi connectivity index (χ0n) is 16.3. The molecular formula is C22H23F6N. The quantitative estimate of drug-likeness (QED) is 0.353. The Morgan fingerprint density at radius 2 is 1.79 bits per heavy atom. The maximum absolute atomic E-state index is 14.1. The van der Waals surface area contributed by atoms with Gasteiger partial charge in [-0.25, -0.2) is 0 Å². The van der Waals surface area contributed by atoms with Crippen molar-refractivity contribution in [1.82, 2.24) is 4.90 Å². The molecule has 2 heterocycles. The fourth-order valence-corrected chi connectivity index (χ4v) is 4.64. The van der Waals surface area contributed by atoms with Crippen molar-refractivity contribution in [3.8, 4) is 0 Å². The Morgan fingerprint density at radius 3 is 2.34 bits per heavy atom. The van der Waals surface area contributed by atoms with Gasteiger partial charge >= 0.3 is 12.4 Å². The van der Waals surface area contributed by atoms with Crippen LogP contribution in [0, 0.1) is 11.3 Å². The SMILES string of the molecule is C=C(CCC)C1(CC)CN2C=CC=CC2=C2C=C(C(F)(F)F)C=C(C(F)(F)F)C21. The fourth-order valence-electron chi connectivity index (χ4n) is 4.64. The summed E-state index contributed by atoms with van der Waals surface area (Å²) in [7, 11) is 0. The van der Waals surface area contributed by atoms with Gasteiger partial charge < -0.3 is 4.90 Å². The maximum atomic E-state index is 14.1. The van der Waals surface area contributed by atoms with Crippen LogP contribution in [0.1, 0.15) is 33.1 Å². The first-order chi connectivity index (χ1) is 13.5. The van der Waals surface area contributed by atoms with Crippen LogP contribution in [0.25, 0.3) is 0 Å². The fraction of sp³-hybridized carbons (Fsp3) is 0.455. The highest BCUT2D eigenvalue weighted by atomic mass is 19.4. The van der Waals surface area contributed by atoms with Gasteiger partial charge in [0, 0.05) is 35.3 Å². The molecule has 0 saturated heterocycles. The number of rotatable bonds is 4. The molecule has 1 aliphatic carbocycles. The molecule has 0 N–H and O–H groups in total. The number of halogens is 6. The minimum Gasteiger partial charge on any atom is -0.347 e. The highest BCUT2D eigenvalue weighted by Gasteiger charge is 2.56. The molecule has 3 aliphatic rings. The van der Waals surface area contributed by atoms with Gasteiger partial charge in [0.2, 0.25) is 0 Å². The second kappa shape index (κ2) is 7.26. The van der Waals surface area contributed by atoms with E-state index < -0.39 is 34.8 Å². The number of hydrogen-bond donors (Lipinski definition) is 0. The number of allylic oxidation sites excluding steroid dienone is 8. The van der Waals surface area contributed by atoms with Gasteiger partial charge in [-0.3, -0.25) is 0 Å². The number of nitrogens with zero attached hydrogens (tertiary/aromatic N) is 1. The lowest BCUT2D eigenvalue weighted by Gasteiger charge is -2.52. The summed E-state index contributed by atoms with van der Waals surface area (Å²) < 4.78 is 82.6. The highest BCUT2D eigenvalue weighted by molar-refractivity contribution is 5.55. The van der Waals surface area contributed by atoms with Gasteiger partial charge in [0.15, 0.2) is 0 Å². The van der Waals surface area contributed by atoms with E-state index in [1.54, 1.807) is 36.3 Å². The third-order valence-electron chi connectivity index (χ3n) is 6.03. The van der Waals surface area contributed by atoms with Crippen molar-refractivity contribution in [1.29, 1.82) is 0 Å². The van der Waals surface area contributed by atoms with E-state index in [-0.39, 0.29) is 18.2 Å². The summed E-state index contributed by atoms with van der Waals surface area (Å²) in [5.74, 6) is -1.22. The summed E-state index contributed by atoms with van der Waals surface area (Å²) in [5, 5.41) is 0. The first-order valence-corrected chi connectivity index (χ1v) is 9.57. The third-order valence-corrected chi connectivity index (χ3v) is 6.03. The maximum Gasteiger partial charge on any atom is 0.416 e. The average molecular weight is 415 g/mol. The Kier molecular flexibility index (Phi) is 5.39. The van der Waals surface area contributed by atoms with Crippen molar-refractivity contribution < 1.29 is 26.3 Å². The molecule has 3 rings (SSSR count). The van der Waals surface area contributed by atoms with Gasteiger partial charge in [0.05, 0.1) is 5.57 Å². The van der Waals surface area contributed by atoms with Crippen LogP contribution in [0.5, 0.6) is 0 Å². The van der Waals surface area contributed by atoms with Gasteiger partial charge in [-0.1, -0.05) is 38.5 Å². The summed E-state index contributed by atoms with van der Waals surface area (Å²) in [6.45, 7) is 8.03. The molecule has 1 nitrogen and oxygen atoms in total. The zero-order chi connectivity index (χ0) is 21.6. The molecule has 0 aromatic carbocycles. The second-order valence-electron chi connectivity index (χ2n) is 7.66. The molecule has 0 fully saturated rings. The first kappa shape index (κ1) is 21.5. The van der Waals surface area contributed by atoms with Crippen LogP contribution in [0.4, 0.5) is 26.3 Å². The van der Waals surface area contributed by atoms with E-state index in [1.807, 2.05) is 6.92 Å². The Bertz CT molecular complexity index is 850. The molecule has 158 valence electrons. The number of fused-ring (bicyclic) bond motifs is 2. The molecule has 0 bridgehead atoms. The van der Waals surface area contributed by atoms with Crippen LogP contribution in [0.3, 0.4) is 0 Å². The normalized spacial score (nSPS) is 26.8. The van der Waals surface area contributed by atoms with E-state index in [0.29, 0.717) is 30.5 Å². The standard InChI is InChI=1S/C22H23F6N/c1-4-8-14(3)20(5-2)13-29-10-7-6-9-18(29)16-11-15(21(23,24)25)12-17(19(16)20)22(26,27)28/h6-7,9-12,19H,3-5,8,13H2,1-2H3.